The Balaban J connectivity index is 2.85. The molecule has 4 heteroatoms. The van der Waals surface area contributed by atoms with Crippen molar-refractivity contribution >= 4 is 17.2 Å². The number of thiophene rings is 1. The zero-order valence-corrected chi connectivity index (χ0v) is 13.4. The summed E-state index contributed by atoms with van der Waals surface area (Å²) in [6, 6.07) is 4.04. The van der Waals surface area contributed by atoms with Gasteiger partial charge in [0.05, 0.1) is 16.3 Å². The van der Waals surface area contributed by atoms with Crippen LogP contribution in [0.1, 0.15) is 54.6 Å². The summed E-state index contributed by atoms with van der Waals surface area (Å²) in [6.07, 6.45) is 3.11. The van der Waals surface area contributed by atoms with Gasteiger partial charge in [-0.25, -0.2) is 0 Å². The number of carbonyl (C=O) groups is 1. The molecule has 1 unspecified atom stereocenters. The van der Waals surface area contributed by atoms with Gasteiger partial charge in [-0.15, -0.1) is 11.3 Å². The van der Waals surface area contributed by atoms with Crippen molar-refractivity contribution in [3.63, 3.8) is 0 Å². The fourth-order valence-corrected chi connectivity index (χ4v) is 2.71. The largest absolute Gasteiger partial charge is 0.335 e. The Morgan fingerprint density at radius 2 is 2.20 bits per heavy atom. The molecule has 0 saturated carbocycles. The highest BCUT2D eigenvalue weighted by Gasteiger charge is 2.21. The van der Waals surface area contributed by atoms with Crippen molar-refractivity contribution in [2.75, 3.05) is 13.1 Å². The van der Waals surface area contributed by atoms with E-state index in [9.17, 15) is 4.79 Å². The molecule has 20 heavy (non-hydrogen) atoms. The minimum Gasteiger partial charge on any atom is -0.335 e. The van der Waals surface area contributed by atoms with E-state index in [4.69, 9.17) is 5.73 Å². The van der Waals surface area contributed by atoms with Crippen LogP contribution in [0.5, 0.6) is 0 Å². The molecule has 0 bridgehead atoms. The second-order valence-corrected chi connectivity index (χ2v) is 5.86. The standard InChI is InChI=1S/C16H24N2OS/c1-4-6-12-18(13(3)5-2)16(19)15-10-9-14(20-15)8-7-11-17/h9-10,13H,4-6,11-12,17H2,1-3H3. The average Bonchev–Trinajstić information content (AvgIpc) is 2.93. The molecule has 1 aromatic rings. The molecule has 0 aliphatic carbocycles. The Morgan fingerprint density at radius 1 is 1.45 bits per heavy atom. The fourth-order valence-electron chi connectivity index (χ4n) is 1.87. The Labute approximate surface area is 126 Å². The van der Waals surface area contributed by atoms with Gasteiger partial charge in [-0.05, 0) is 31.9 Å². The van der Waals surface area contributed by atoms with Crippen molar-refractivity contribution < 1.29 is 4.79 Å². The molecule has 1 atom stereocenters. The zero-order valence-electron chi connectivity index (χ0n) is 12.6. The first-order valence-electron chi connectivity index (χ1n) is 7.23. The number of nitrogens with two attached hydrogens (primary N) is 1. The van der Waals surface area contributed by atoms with E-state index in [1.54, 1.807) is 0 Å². The van der Waals surface area contributed by atoms with E-state index in [1.165, 1.54) is 11.3 Å². The molecule has 3 nitrogen and oxygen atoms in total. The molecular weight excluding hydrogens is 268 g/mol. The lowest BCUT2D eigenvalue weighted by atomic mass is 10.2. The second kappa shape index (κ2) is 8.78. The zero-order chi connectivity index (χ0) is 15.0. The quantitative estimate of drug-likeness (QED) is 0.819. The molecule has 1 heterocycles. The third kappa shape index (κ3) is 4.66. The summed E-state index contributed by atoms with van der Waals surface area (Å²) >= 11 is 1.45. The Bertz CT molecular complexity index is 484. The molecule has 110 valence electrons. The van der Waals surface area contributed by atoms with Gasteiger partial charge < -0.3 is 10.6 Å². The highest BCUT2D eigenvalue weighted by Crippen LogP contribution is 2.20. The second-order valence-electron chi connectivity index (χ2n) is 4.78. The minimum atomic E-state index is 0.124. The van der Waals surface area contributed by atoms with Crippen LogP contribution in [0.4, 0.5) is 0 Å². The summed E-state index contributed by atoms with van der Waals surface area (Å²) in [4.78, 5) is 16.3. The number of amides is 1. The SMILES string of the molecule is CCCCN(C(=O)c1ccc(C#CCN)s1)C(C)CC. The van der Waals surface area contributed by atoms with Gasteiger partial charge in [0, 0.05) is 12.6 Å². The molecule has 2 N–H and O–H groups in total. The van der Waals surface area contributed by atoms with E-state index >= 15 is 0 Å². The van der Waals surface area contributed by atoms with E-state index in [0.29, 0.717) is 6.54 Å². The van der Waals surface area contributed by atoms with E-state index in [0.717, 1.165) is 35.6 Å². The number of carbonyl (C=O) groups excluding carboxylic acids is 1. The first-order valence-corrected chi connectivity index (χ1v) is 8.05. The molecule has 0 radical (unpaired) electrons. The number of unbranched alkanes of at least 4 members (excludes halogenated alkanes) is 1. The van der Waals surface area contributed by atoms with Crippen molar-refractivity contribution in [3.05, 3.63) is 21.9 Å². The van der Waals surface area contributed by atoms with Crippen molar-refractivity contribution in [1.82, 2.24) is 4.90 Å². The summed E-state index contributed by atoms with van der Waals surface area (Å²) in [5.74, 6) is 5.92. The lowest BCUT2D eigenvalue weighted by molar-refractivity contribution is 0.0690. The summed E-state index contributed by atoms with van der Waals surface area (Å²) < 4.78 is 0. The Kier molecular flexibility index (Phi) is 7.35. The van der Waals surface area contributed by atoms with Gasteiger partial charge in [-0.2, -0.15) is 0 Å². The summed E-state index contributed by atoms with van der Waals surface area (Å²) in [6.45, 7) is 7.54. The van der Waals surface area contributed by atoms with E-state index in [2.05, 4.69) is 32.6 Å². The molecule has 0 spiro atoms. The molecule has 0 saturated heterocycles. The smallest absolute Gasteiger partial charge is 0.264 e. The maximum absolute atomic E-state index is 12.6. The summed E-state index contributed by atoms with van der Waals surface area (Å²) in [5.41, 5.74) is 5.36. The topological polar surface area (TPSA) is 46.3 Å². The maximum Gasteiger partial charge on any atom is 0.264 e. The molecule has 0 fully saturated rings. The van der Waals surface area contributed by atoms with Crippen LogP contribution in [0.3, 0.4) is 0 Å². The molecule has 1 rings (SSSR count). The third-order valence-electron chi connectivity index (χ3n) is 3.27. The normalized spacial score (nSPS) is 11.6. The fraction of sp³-hybridized carbons (Fsp3) is 0.562. The van der Waals surface area contributed by atoms with Gasteiger partial charge in [0.25, 0.3) is 5.91 Å². The first kappa shape index (κ1) is 16.7. The van der Waals surface area contributed by atoms with Crippen LogP contribution in [0.15, 0.2) is 12.1 Å². The summed E-state index contributed by atoms with van der Waals surface area (Å²) in [5, 5.41) is 0. The lowest BCUT2D eigenvalue weighted by Gasteiger charge is -2.28. The van der Waals surface area contributed by atoms with Gasteiger partial charge >= 0.3 is 0 Å². The molecule has 0 aliphatic heterocycles. The lowest BCUT2D eigenvalue weighted by Crippen LogP contribution is -2.38. The van der Waals surface area contributed by atoms with E-state index in [1.807, 2.05) is 17.0 Å². The molecule has 1 aromatic heterocycles. The number of hydrogen-bond acceptors (Lipinski definition) is 3. The third-order valence-corrected chi connectivity index (χ3v) is 4.26. The van der Waals surface area contributed by atoms with Crippen LogP contribution >= 0.6 is 11.3 Å². The maximum atomic E-state index is 12.6. The van der Waals surface area contributed by atoms with Crippen molar-refractivity contribution in [3.8, 4) is 11.8 Å². The van der Waals surface area contributed by atoms with Crippen LogP contribution in [0.25, 0.3) is 0 Å². The Morgan fingerprint density at radius 3 is 2.80 bits per heavy atom. The predicted octanol–water partition coefficient (Wildman–Crippen LogP) is 3.10. The highest BCUT2D eigenvalue weighted by molar-refractivity contribution is 7.14. The van der Waals surface area contributed by atoms with Crippen molar-refractivity contribution in [1.29, 1.82) is 0 Å². The first-order chi connectivity index (χ1) is 9.63. The van der Waals surface area contributed by atoms with Gasteiger partial charge in [-0.3, -0.25) is 4.79 Å². The monoisotopic (exact) mass is 292 g/mol. The van der Waals surface area contributed by atoms with Crippen LogP contribution in [0, 0.1) is 11.8 Å². The van der Waals surface area contributed by atoms with Crippen LogP contribution < -0.4 is 5.73 Å². The van der Waals surface area contributed by atoms with Crippen LogP contribution in [0.2, 0.25) is 0 Å². The minimum absolute atomic E-state index is 0.124. The molecule has 1 amide bonds. The van der Waals surface area contributed by atoms with E-state index in [-0.39, 0.29) is 11.9 Å². The van der Waals surface area contributed by atoms with Crippen molar-refractivity contribution in [2.45, 2.75) is 46.1 Å². The average molecular weight is 292 g/mol. The van der Waals surface area contributed by atoms with E-state index < -0.39 is 0 Å². The molecule has 0 aromatic carbocycles. The Hall–Kier alpha value is -1.31. The number of hydrogen-bond donors (Lipinski definition) is 1. The van der Waals surface area contributed by atoms with Crippen LogP contribution in [-0.4, -0.2) is 29.9 Å². The van der Waals surface area contributed by atoms with Gasteiger partial charge in [0.2, 0.25) is 0 Å². The predicted molar refractivity (Wildman–Crippen MR) is 85.9 cm³/mol. The summed E-state index contributed by atoms with van der Waals surface area (Å²) in [7, 11) is 0. The molecule has 0 aliphatic rings. The van der Waals surface area contributed by atoms with Gasteiger partial charge in [-0.1, -0.05) is 32.1 Å². The van der Waals surface area contributed by atoms with Crippen molar-refractivity contribution in [2.24, 2.45) is 5.73 Å². The number of nitrogens with zero attached hydrogens (tertiary/aromatic N) is 1. The van der Waals surface area contributed by atoms with Gasteiger partial charge in [0.15, 0.2) is 0 Å². The van der Waals surface area contributed by atoms with Gasteiger partial charge in [0.1, 0.15) is 0 Å². The molecular formula is C16H24N2OS. The van der Waals surface area contributed by atoms with Crippen LogP contribution in [-0.2, 0) is 0 Å². The number of rotatable bonds is 6. The highest BCUT2D eigenvalue weighted by atomic mass is 32.1.